The van der Waals surface area contributed by atoms with E-state index in [9.17, 15) is 4.79 Å². The molecule has 110 valence electrons. The van der Waals surface area contributed by atoms with Crippen molar-refractivity contribution in [1.29, 1.82) is 0 Å². The number of anilines is 1. The normalized spacial score (nSPS) is 12.1. The van der Waals surface area contributed by atoms with Gasteiger partial charge in [0.2, 0.25) is 11.9 Å². The standard InChI is InChI=1S/C13H14BrN5OS/c1-2-9-17-12(16)19-13(18-9)21-10(11(15)20)7-4-3-5-8(14)6-7/h3-6,10H,2H2,1H3,(H2,15,20)(H2,16,17,18,19). The van der Waals surface area contributed by atoms with Crippen LogP contribution in [0.3, 0.4) is 0 Å². The van der Waals surface area contributed by atoms with Crippen molar-refractivity contribution < 1.29 is 4.79 Å². The van der Waals surface area contributed by atoms with Crippen LogP contribution in [0.4, 0.5) is 5.95 Å². The molecule has 1 aromatic carbocycles. The molecule has 0 bridgehead atoms. The van der Waals surface area contributed by atoms with Gasteiger partial charge in [0.15, 0.2) is 5.16 Å². The first kappa shape index (κ1) is 15.7. The molecule has 1 atom stereocenters. The fourth-order valence-electron chi connectivity index (χ4n) is 1.69. The molecule has 0 fully saturated rings. The van der Waals surface area contributed by atoms with Gasteiger partial charge < -0.3 is 11.5 Å². The number of carbonyl (C=O) groups is 1. The molecule has 0 spiro atoms. The third kappa shape index (κ3) is 4.15. The lowest BCUT2D eigenvalue weighted by atomic mass is 10.1. The Morgan fingerprint density at radius 1 is 1.38 bits per heavy atom. The van der Waals surface area contributed by atoms with Crippen LogP contribution < -0.4 is 11.5 Å². The zero-order valence-electron chi connectivity index (χ0n) is 11.3. The van der Waals surface area contributed by atoms with Crippen molar-refractivity contribution in [3.63, 3.8) is 0 Å². The smallest absolute Gasteiger partial charge is 0.235 e. The number of nitrogens with two attached hydrogens (primary N) is 2. The predicted molar refractivity (Wildman–Crippen MR) is 85.6 cm³/mol. The van der Waals surface area contributed by atoms with E-state index < -0.39 is 11.2 Å². The minimum absolute atomic E-state index is 0.141. The summed E-state index contributed by atoms with van der Waals surface area (Å²) in [5.41, 5.74) is 11.9. The fraction of sp³-hybridized carbons (Fsp3) is 0.231. The average molecular weight is 368 g/mol. The minimum atomic E-state index is -0.589. The highest BCUT2D eigenvalue weighted by Gasteiger charge is 2.21. The molecule has 1 aromatic heterocycles. The third-order valence-corrected chi connectivity index (χ3v) is 4.25. The number of halogens is 1. The number of nitrogen functional groups attached to an aromatic ring is 1. The monoisotopic (exact) mass is 367 g/mol. The number of primary amides is 1. The number of hydrogen-bond donors (Lipinski definition) is 2. The van der Waals surface area contributed by atoms with Crippen LogP contribution in [-0.2, 0) is 11.2 Å². The van der Waals surface area contributed by atoms with Crippen LogP contribution in [0.25, 0.3) is 0 Å². The van der Waals surface area contributed by atoms with Crippen LogP contribution in [0.15, 0.2) is 33.9 Å². The third-order valence-electron chi connectivity index (χ3n) is 2.63. The Morgan fingerprint density at radius 2 is 2.14 bits per heavy atom. The Kier molecular flexibility index (Phi) is 5.13. The van der Waals surface area contributed by atoms with Crippen molar-refractivity contribution in [2.24, 2.45) is 5.73 Å². The van der Waals surface area contributed by atoms with Crippen molar-refractivity contribution in [3.05, 3.63) is 40.1 Å². The van der Waals surface area contributed by atoms with Gasteiger partial charge in [-0.3, -0.25) is 4.79 Å². The first-order valence-electron chi connectivity index (χ1n) is 6.21. The molecular weight excluding hydrogens is 354 g/mol. The second-order valence-electron chi connectivity index (χ2n) is 4.20. The van der Waals surface area contributed by atoms with E-state index in [0.717, 1.165) is 21.8 Å². The van der Waals surface area contributed by atoms with Gasteiger partial charge in [-0.1, -0.05) is 46.7 Å². The number of thioether (sulfide) groups is 1. The van der Waals surface area contributed by atoms with Gasteiger partial charge in [-0.15, -0.1) is 0 Å². The van der Waals surface area contributed by atoms with E-state index in [1.54, 1.807) is 0 Å². The van der Waals surface area contributed by atoms with E-state index in [2.05, 4.69) is 30.9 Å². The van der Waals surface area contributed by atoms with Crippen molar-refractivity contribution in [2.75, 3.05) is 5.73 Å². The number of amides is 1. The topological polar surface area (TPSA) is 108 Å². The summed E-state index contributed by atoms with van der Waals surface area (Å²) in [6, 6.07) is 7.39. The molecule has 0 aliphatic heterocycles. The van der Waals surface area contributed by atoms with Gasteiger partial charge >= 0.3 is 0 Å². The fourth-order valence-corrected chi connectivity index (χ4v) is 3.02. The average Bonchev–Trinajstić information content (AvgIpc) is 2.43. The molecule has 4 N–H and O–H groups in total. The van der Waals surface area contributed by atoms with Crippen molar-refractivity contribution in [1.82, 2.24) is 15.0 Å². The molecule has 8 heteroatoms. The highest BCUT2D eigenvalue weighted by molar-refractivity contribution is 9.10. The van der Waals surface area contributed by atoms with Gasteiger partial charge in [0.1, 0.15) is 11.1 Å². The maximum Gasteiger partial charge on any atom is 0.235 e. The molecule has 0 aliphatic rings. The second kappa shape index (κ2) is 6.86. The molecule has 0 saturated heterocycles. The molecule has 21 heavy (non-hydrogen) atoms. The number of rotatable bonds is 5. The molecule has 1 amide bonds. The quantitative estimate of drug-likeness (QED) is 0.783. The van der Waals surface area contributed by atoms with Crippen molar-refractivity contribution >= 4 is 39.5 Å². The summed E-state index contributed by atoms with van der Waals surface area (Å²) in [5.74, 6) is 0.263. The number of carbonyl (C=O) groups excluding carboxylic acids is 1. The first-order valence-corrected chi connectivity index (χ1v) is 7.88. The lowest BCUT2D eigenvalue weighted by molar-refractivity contribution is -0.117. The van der Waals surface area contributed by atoms with E-state index in [1.165, 1.54) is 0 Å². The first-order chi connectivity index (χ1) is 9.99. The van der Waals surface area contributed by atoms with Gasteiger partial charge in [-0.05, 0) is 17.7 Å². The molecule has 0 aliphatic carbocycles. The summed E-state index contributed by atoms with van der Waals surface area (Å²) >= 11 is 4.54. The van der Waals surface area contributed by atoms with Crippen LogP contribution >= 0.6 is 27.7 Å². The molecule has 2 rings (SSSR count). The maximum atomic E-state index is 11.7. The van der Waals surface area contributed by atoms with Crippen LogP contribution in [0, 0.1) is 0 Å². The molecule has 6 nitrogen and oxygen atoms in total. The van der Waals surface area contributed by atoms with Gasteiger partial charge in [-0.2, -0.15) is 9.97 Å². The lowest BCUT2D eigenvalue weighted by Crippen LogP contribution is -2.19. The number of aryl methyl sites for hydroxylation is 1. The van der Waals surface area contributed by atoms with Crippen molar-refractivity contribution in [3.8, 4) is 0 Å². The Labute approximate surface area is 134 Å². The van der Waals surface area contributed by atoms with Crippen LogP contribution in [0.5, 0.6) is 0 Å². The predicted octanol–water partition coefficient (Wildman–Crippen LogP) is 2.10. The molecule has 0 saturated carbocycles. The van der Waals surface area contributed by atoms with Crippen LogP contribution in [0.1, 0.15) is 23.6 Å². The SMILES string of the molecule is CCc1nc(N)nc(SC(C(N)=O)c2cccc(Br)c2)n1. The number of hydrogen-bond acceptors (Lipinski definition) is 6. The van der Waals surface area contributed by atoms with Crippen molar-refractivity contribution in [2.45, 2.75) is 23.8 Å². The summed E-state index contributed by atoms with van der Waals surface area (Å²) in [6.07, 6.45) is 0.637. The number of nitrogens with zero attached hydrogens (tertiary/aromatic N) is 3. The maximum absolute atomic E-state index is 11.7. The lowest BCUT2D eigenvalue weighted by Gasteiger charge is -2.13. The van der Waals surface area contributed by atoms with Crippen LogP contribution in [-0.4, -0.2) is 20.9 Å². The van der Waals surface area contributed by atoms with Gasteiger partial charge in [-0.25, -0.2) is 4.98 Å². The summed E-state index contributed by atoms with van der Waals surface area (Å²) in [5, 5.41) is -0.197. The van der Waals surface area contributed by atoms with Gasteiger partial charge in [0.25, 0.3) is 0 Å². The summed E-state index contributed by atoms with van der Waals surface area (Å²) in [4.78, 5) is 24.1. The van der Waals surface area contributed by atoms with Gasteiger partial charge in [0.05, 0.1) is 0 Å². The Hall–Kier alpha value is -1.67. The van der Waals surface area contributed by atoms with E-state index in [-0.39, 0.29) is 5.95 Å². The largest absolute Gasteiger partial charge is 0.368 e. The summed E-state index contributed by atoms with van der Waals surface area (Å²) in [7, 11) is 0. The van der Waals surface area contributed by atoms with Gasteiger partial charge in [0, 0.05) is 10.9 Å². The van der Waals surface area contributed by atoms with E-state index in [4.69, 9.17) is 11.5 Å². The second-order valence-corrected chi connectivity index (χ2v) is 6.19. The zero-order chi connectivity index (χ0) is 15.4. The molecule has 0 radical (unpaired) electrons. The molecular formula is C13H14BrN5OS. The minimum Gasteiger partial charge on any atom is -0.368 e. The zero-order valence-corrected chi connectivity index (χ0v) is 13.7. The summed E-state index contributed by atoms with van der Waals surface area (Å²) in [6.45, 7) is 1.92. The Bertz CT molecular complexity index is 667. The van der Waals surface area contributed by atoms with E-state index in [0.29, 0.717) is 17.4 Å². The number of aromatic nitrogens is 3. The molecule has 2 aromatic rings. The Balaban J connectivity index is 2.33. The van der Waals surface area contributed by atoms with E-state index >= 15 is 0 Å². The van der Waals surface area contributed by atoms with Crippen LogP contribution in [0.2, 0.25) is 0 Å². The number of benzene rings is 1. The highest BCUT2D eigenvalue weighted by Crippen LogP contribution is 2.34. The summed E-state index contributed by atoms with van der Waals surface area (Å²) < 4.78 is 0.872. The highest BCUT2D eigenvalue weighted by atomic mass is 79.9. The Morgan fingerprint density at radius 3 is 2.76 bits per heavy atom. The van der Waals surface area contributed by atoms with E-state index in [1.807, 2.05) is 31.2 Å². The molecule has 1 heterocycles. The molecule has 1 unspecified atom stereocenters.